The quantitative estimate of drug-likeness (QED) is 0.686. The second kappa shape index (κ2) is 7.88. The van der Waals surface area contributed by atoms with E-state index in [1.54, 1.807) is 0 Å². The molecule has 1 aliphatic heterocycles. The monoisotopic (exact) mass is 376 g/mol. The highest BCUT2D eigenvalue weighted by molar-refractivity contribution is 7.92. The molecular formula is C20H25O3PS. The van der Waals surface area contributed by atoms with Crippen LogP contribution in [0.15, 0.2) is 60.7 Å². The van der Waals surface area contributed by atoms with E-state index in [9.17, 15) is 13.0 Å². The van der Waals surface area contributed by atoms with Gasteiger partial charge in [-0.05, 0) is 30.4 Å². The SMILES string of the molecule is O=P(CCc1ccccc1)(CCc1ccccc1)[C@@H]1CCS(=O)(=O)C1. The Bertz CT molecular complexity index is 784. The molecule has 3 rings (SSSR count). The van der Waals surface area contributed by atoms with Gasteiger partial charge in [-0.3, -0.25) is 0 Å². The Hall–Kier alpha value is -1.38. The molecule has 0 aromatic heterocycles. The van der Waals surface area contributed by atoms with Crippen LogP contribution >= 0.6 is 7.14 Å². The number of benzene rings is 2. The van der Waals surface area contributed by atoms with Crippen molar-refractivity contribution in [2.24, 2.45) is 0 Å². The predicted molar refractivity (Wildman–Crippen MR) is 105 cm³/mol. The molecule has 0 radical (unpaired) electrons. The van der Waals surface area contributed by atoms with Gasteiger partial charge in [0.05, 0.1) is 18.6 Å². The summed E-state index contributed by atoms with van der Waals surface area (Å²) < 4.78 is 37.6. The lowest BCUT2D eigenvalue weighted by Crippen LogP contribution is -2.17. The van der Waals surface area contributed by atoms with Crippen LogP contribution in [0.1, 0.15) is 17.5 Å². The molecule has 0 N–H and O–H groups in total. The van der Waals surface area contributed by atoms with Crippen LogP contribution in [0.4, 0.5) is 0 Å². The summed E-state index contributed by atoms with van der Waals surface area (Å²) in [5, 5.41) is 0. The molecule has 2 aromatic rings. The van der Waals surface area contributed by atoms with Crippen molar-refractivity contribution in [1.29, 1.82) is 0 Å². The number of rotatable bonds is 7. The zero-order chi connectivity index (χ0) is 17.8. The van der Waals surface area contributed by atoms with Crippen LogP contribution in [0.2, 0.25) is 0 Å². The van der Waals surface area contributed by atoms with Crippen LogP contribution in [0.25, 0.3) is 0 Å². The fraction of sp³-hybridized carbons (Fsp3) is 0.400. The average molecular weight is 376 g/mol. The highest BCUT2D eigenvalue weighted by atomic mass is 32.2. The molecule has 0 amide bonds. The summed E-state index contributed by atoms with van der Waals surface area (Å²) in [7, 11) is -5.57. The molecule has 1 saturated heterocycles. The zero-order valence-electron chi connectivity index (χ0n) is 14.4. The molecule has 2 aromatic carbocycles. The van der Waals surface area contributed by atoms with Gasteiger partial charge in [-0.2, -0.15) is 0 Å². The van der Waals surface area contributed by atoms with Gasteiger partial charge in [0.2, 0.25) is 0 Å². The van der Waals surface area contributed by atoms with Crippen molar-refractivity contribution in [1.82, 2.24) is 0 Å². The second-order valence-corrected chi connectivity index (χ2v) is 12.7. The molecule has 1 heterocycles. The minimum atomic E-state index is -3.02. The molecule has 0 saturated carbocycles. The smallest absolute Gasteiger partial charge is 0.151 e. The first-order valence-electron chi connectivity index (χ1n) is 8.83. The minimum absolute atomic E-state index is 0.105. The number of aryl methyl sites for hydroxylation is 2. The third kappa shape index (κ3) is 5.05. The normalized spacial score (nSPS) is 19.8. The first kappa shape index (κ1) is 18.4. The maximum absolute atomic E-state index is 13.8. The zero-order valence-corrected chi connectivity index (χ0v) is 16.1. The van der Waals surface area contributed by atoms with Gasteiger partial charge < -0.3 is 4.57 Å². The van der Waals surface area contributed by atoms with Crippen molar-refractivity contribution >= 4 is 17.0 Å². The highest BCUT2D eigenvalue weighted by Gasteiger charge is 2.40. The molecule has 1 aliphatic rings. The van der Waals surface area contributed by atoms with Gasteiger partial charge in [0.1, 0.15) is 0 Å². The molecule has 134 valence electrons. The minimum Gasteiger partial charge on any atom is -0.323 e. The first-order chi connectivity index (χ1) is 12.0. The molecule has 1 fully saturated rings. The van der Waals surface area contributed by atoms with E-state index in [1.165, 1.54) is 11.1 Å². The Balaban J connectivity index is 1.74. The number of hydrogen-bond donors (Lipinski definition) is 0. The summed E-state index contributed by atoms with van der Waals surface area (Å²) in [5.74, 6) is 0.298. The highest BCUT2D eigenvalue weighted by Crippen LogP contribution is 2.55. The average Bonchev–Trinajstić information content (AvgIpc) is 3.01. The number of sulfone groups is 1. The van der Waals surface area contributed by atoms with Gasteiger partial charge >= 0.3 is 0 Å². The van der Waals surface area contributed by atoms with E-state index < -0.39 is 17.0 Å². The van der Waals surface area contributed by atoms with Crippen molar-refractivity contribution < 1.29 is 13.0 Å². The van der Waals surface area contributed by atoms with Crippen molar-refractivity contribution in [3.8, 4) is 0 Å². The molecule has 1 atom stereocenters. The van der Waals surface area contributed by atoms with Gasteiger partial charge in [0.15, 0.2) is 9.84 Å². The Morgan fingerprint density at radius 3 is 1.72 bits per heavy atom. The molecule has 25 heavy (non-hydrogen) atoms. The van der Waals surface area contributed by atoms with E-state index in [0.29, 0.717) is 18.7 Å². The van der Waals surface area contributed by atoms with E-state index in [1.807, 2.05) is 60.7 Å². The fourth-order valence-electron chi connectivity index (χ4n) is 3.55. The maximum atomic E-state index is 13.8. The molecule has 3 nitrogen and oxygen atoms in total. The largest absolute Gasteiger partial charge is 0.323 e. The van der Waals surface area contributed by atoms with Crippen molar-refractivity contribution in [2.45, 2.75) is 24.9 Å². The standard InChI is InChI=1S/C20H25O3PS/c21-24(20-13-16-25(22,23)17-20,14-11-18-7-3-1-4-8-18)15-12-19-9-5-2-6-10-19/h1-10,20H,11-17H2/t20-/m1/s1. The lowest BCUT2D eigenvalue weighted by Gasteiger charge is -2.24. The Morgan fingerprint density at radius 2 is 1.32 bits per heavy atom. The van der Waals surface area contributed by atoms with Crippen LogP contribution in [0.3, 0.4) is 0 Å². The van der Waals surface area contributed by atoms with Gasteiger partial charge in [0, 0.05) is 18.0 Å². The summed E-state index contributed by atoms with van der Waals surface area (Å²) >= 11 is 0. The molecule has 5 heteroatoms. The number of hydrogen-bond acceptors (Lipinski definition) is 3. The predicted octanol–water partition coefficient (Wildman–Crippen LogP) is 4.02. The second-order valence-electron chi connectivity index (χ2n) is 6.93. The Labute approximate surface area is 150 Å². The first-order valence-corrected chi connectivity index (χ1v) is 12.8. The van der Waals surface area contributed by atoms with Gasteiger partial charge in [0.25, 0.3) is 0 Å². The summed E-state index contributed by atoms with van der Waals surface area (Å²) in [6.07, 6.45) is 3.27. The molecule has 0 aliphatic carbocycles. The van der Waals surface area contributed by atoms with Crippen molar-refractivity contribution in [3.63, 3.8) is 0 Å². The maximum Gasteiger partial charge on any atom is 0.151 e. The lowest BCUT2D eigenvalue weighted by atomic mass is 10.2. The Kier molecular flexibility index (Phi) is 5.81. The molecule has 0 unspecified atom stereocenters. The van der Waals surface area contributed by atoms with Crippen LogP contribution in [-0.4, -0.2) is 37.9 Å². The van der Waals surface area contributed by atoms with Crippen LogP contribution < -0.4 is 0 Å². The third-order valence-electron chi connectivity index (χ3n) is 5.12. The third-order valence-corrected chi connectivity index (χ3v) is 10.9. The van der Waals surface area contributed by atoms with E-state index in [2.05, 4.69) is 0 Å². The topological polar surface area (TPSA) is 51.2 Å². The summed E-state index contributed by atoms with van der Waals surface area (Å²) in [4.78, 5) is 0. The van der Waals surface area contributed by atoms with E-state index in [4.69, 9.17) is 0 Å². The van der Waals surface area contributed by atoms with E-state index in [0.717, 1.165) is 12.8 Å². The lowest BCUT2D eigenvalue weighted by molar-refractivity contribution is 0.564. The van der Waals surface area contributed by atoms with Crippen molar-refractivity contribution in [3.05, 3.63) is 71.8 Å². The van der Waals surface area contributed by atoms with Crippen LogP contribution in [0, 0.1) is 0 Å². The van der Waals surface area contributed by atoms with Crippen LogP contribution in [0.5, 0.6) is 0 Å². The summed E-state index contributed by atoms with van der Waals surface area (Å²) in [6, 6.07) is 20.1. The molecular weight excluding hydrogens is 351 g/mol. The Morgan fingerprint density at radius 1 is 0.840 bits per heavy atom. The van der Waals surface area contributed by atoms with Crippen LogP contribution in [-0.2, 0) is 27.2 Å². The molecule has 0 bridgehead atoms. The summed E-state index contributed by atoms with van der Waals surface area (Å²) in [6.45, 7) is 0. The van der Waals surface area contributed by atoms with Crippen molar-refractivity contribution in [2.75, 3.05) is 23.8 Å². The van der Waals surface area contributed by atoms with E-state index in [-0.39, 0.29) is 17.2 Å². The van der Waals surface area contributed by atoms with Gasteiger partial charge in [-0.25, -0.2) is 8.42 Å². The molecule has 0 spiro atoms. The van der Waals surface area contributed by atoms with E-state index >= 15 is 0 Å². The fourth-order valence-corrected chi connectivity index (χ4v) is 9.88. The van der Waals surface area contributed by atoms with Gasteiger partial charge in [-0.15, -0.1) is 0 Å². The summed E-state index contributed by atoms with van der Waals surface area (Å²) in [5.41, 5.74) is 2.18. The van der Waals surface area contributed by atoms with Gasteiger partial charge in [-0.1, -0.05) is 60.7 Å².